The zero-order chi connectivity index (χ0) is 28.4. The van der Waals surface area contributed by atoms with Crippen molar-refractivity contribution in [1.29, 1.82) is 5.26 Å². The molecule has 1 aliphatic rings. The van der Waals surface area contributed by atoms with E-state index in [0.29, 0.717) is 41.6 Å². The minimum Gasteiger partial charge on any atom is -0.372 e. The fourth-order valence-electron chi connectivity index (χ4n) is 4.56. The standard InChI is InChI=1S/C28H27ClN8O3/c1-28(2,27-31-8-4-9-32-27)35-21-14-24(38)36(3)23-7-6-17(12-18(21)23)33-20-13-22(34-25(29)19(20)15-30)26(39)37-10-5-11-40-16-37/h4,6-9,12-14,35H,5,10-11,16H2,1-3H3,(H,33,34). The smallest absolute Gasteiger partial charge is 0.274 e. The molecule has 0 radical (unpaired) electrons. The molecule has 204 valence electrons. The van der Waals surface area contributed by atoms with Gasteiger partial charge < -0.3 is 24.8 Å². The van der Waals surface area contributed by atoms with Crippen LogP contribution in [0.15, 0.2) is 53.6 Å². The van der Waals surface area contributed by atoms with Crippen LogP contribution in [-0.2, 0) is 17.3 Å². The molecular formula is C28H27ClN8O3. The van der Waals surface area contributed by atoms with E-state index in [0.717, 1.165) is 11.8 Å². The van der Waals surface area contributed by atoms with Gasteiger partial charge in [0, 0.05) is 48.8 Å². The topological polar surface area (TPSA) is 138 Å². The Balaban J connectivity index is 1.54. The summed E-state index contributed by atoms with van der Waals surface area (Å²) in [7, 11) is 1.70. The summed E-state index contributed by atoms with van der Waals surface area (Å²) < 4.78 is 6.95. The molecule has 4 aromatic rings. The summed E-state index contributed by atoms with van der Waals surface area (Å²) in [6.45, 7) is 5.17. The highest BCUT2D eigenvalue weighted by Crippen LogP contribution is 2.32. The largest absolute Gasteiger partial charge is 0.372 e. The lowest BCUT2D eigenvalue weighted by atomic mass is 10.0. The van der Waals surface area contributed by atoms with Crippen molar-refractivity contribution in [1.82, 2.24) is 24.4 Å². The number of aromatic nitrogens is 4. The normalized spacial score (nSPS) is 13.6. The van der Waals surface area contributed by atoms with E-state index in [-0.39, 0.29) is 34.6 Å². The molecule has 0 aliphatic carbocycles. The van der Waals surface area contributed by atoms with Gasteiger partial charge in [0.1, 0.15) is 29.2 Å². The number of nitriles is 1. The number of nitrogens with one attached hydrogen (secondary N) is 2. The number of benzene rings is 1. The molecule has 0 bridgehead atoms. The van der Waals surface area contributed by atoms with Gasteiger partial charge in [-0.3, -0.25) is 9.59 Å². The minimum absolute atomic E-state index is 0.0797. The van der Waals surface area contributed by atoms with E-state index in [1.165, 1.54) is 12.1 Å². The fraction of sp³-hybridized carbons (Fsp3) is 0.286. The second kappa shape index (κ2) is 10.9. The first-order chi connectivity index (χ1) is 19.2. The molecule has 5 rings (SSSR count). The number of halogens is 1. The molecule has 12 heteroatoms. The van der Waals surface area contributed by atoms with E-state index >= 15 is 0 Å². The Bertz CT molecular complexity index is 1690. The second-order valence-electron chi connectivity index (χ2n) is 9.93. The molecule has 2 N–H and O–H groups in total. The Kier molecular flexibility index (Phi) is 7.38. The third-order valence-electron chi connectivity index (χ3n) is 6.65. The molecule has 3 aromatic heterocycles. The summed E-state index contributed by atoms with van der Waals surface area (Å²) >= 11 is 6.34. The number of amides is 1. The van der Waals surface area contributed by atoms with Gasteiger partial charge in [-0.25, -0.2) is 15.0 Å². The van der Waals surface area contributed by atoms with Crippen molar-refractivity contribution in [3.63, 3.8) is 0 Å². The molecule has 0 atom stereocenters. The number of hydrogen-bond acceptors (Lipinski definition) is 9. The van der Waals surface area contributed by atoms with Crippen molar-refractivity contribution in [3.8, 4) is 6.07 Å². The summed E-state index contributed by atoms with van der Waals surface area (Å²) in [5.41, 5.74) is 1.57. The van der Waals surface area contributed by atoms with E-state index < -0.39 is 5.54 Å². The van der Waals surface area contributed by atoms with Gasteiger partial charge in [0.05, 0.1) is 23.3 Å². The fourth-order valence-corrected chi connectivity index (χ4v) is 4.79. The van der Waals surface area contributed by atoms with E-state index in [1.807, 2.05) is 26.0 Å². The summed E-state index contributed by atoms with van der Waals surface area (Å²) in [6.07, 6.45) is 4.06. The van der Waals surface area contributed by atoms with Crippen LogP contribution >= 0.6 is 11.6 Å². The zero-order valence-electron chi connectivity index (χ0n) is 22.2. The first-order valence-corrected chi connectivity index (χ1v) is 13.0. The minimum atomic E-state index is -0.690. The highest BCUT2D eigenvalue weighted by Gasteiger charge is 2.25. The number of carbonyl (C=O) groups is 1. The van der Waals surface area contributed by atoms with Gasteiger partial charge in [-0.1, -0.05) is 11.6 Å². The molecule has 0 saturated carbocycles. The molecule has 1 saturated heterocycles. The molecular weight excluding hydrogens is 532 g/mol. The van der Waals surface area contributed by atoms with Crippen LogP contribution in [0.4, 0.5) is 17.1 Å². The number of fused-ring (bicyclic) bond motifs is 1. The van der Waals surface area contributed by atoms with Crippen molar-refractivity contribution < 1.29 is 9.53 Å². The predicted octanol–water partition coefficient (Wildman–Crippen LogP) is 4.16. The van der Waals surface area contributed by atoms with Gasteiger partial charge in [-0.2, -0.15) is 5.26 Å². The first kappa shape index (κ1) is 27.1. The molecule has 4 heterocycles. The third-order valence-corrected chi connectivity index (χ3v) is 6.93. The third kappa shape index (κ3) is 5.32. The predicted molar refractivity (Wildman–Crippen MR) is 152 cm³/mol. The van der Waals surface area contributed by atoms with Crippen molar-refractivity contribution >= 4 is 45.5 Å². The molecule has 40 heavy (non-hydrogen) atoms. The number of pyridine rings is 2. The van der Waals surface area contributed by atoms with Gasteiger partial charge in [-0.05, 0) is 50.6 Å². The van der Waals surface area contributed by atoms with Crippen LogP contribution < -0.4 is 16.2 Å². The Morgan fingerprint density at radius 1 is 1.18 bits per heavy atom. The molecule has 1 aliphatic heterocycles. The average molecular weight is 559 g/mol. The maximum atomic E-state index is 13.1. The lowest BCUT2D eigenvalue weighted by Gasteiger charge is -2.27. The van der Waals surface area contributed by atoms with Crippen LogP contribution in [0, 0.1) is 11.3 Å². The maximum Gasteiger partial charge on any atom is 0.274 e. The van der Waals surface area contributed by atoms with E-state index in [4.69, 9.17) is 16.3 Å². The van der Waals surface area contributed by atoms with Gasteiger partial charge in [0.25, 0.3) is 11.5 Å². The quantitative estimate of drug-likeness (QED) is 0.334. The molecule has 11 nitrogen and oxygen atoms in total. The molecule has 1 aromatic carbocycles. The van der Waals surface area contributed by atoms with Crippen LogP contribution in [0.5, 0.6) is 0 Å². The Labute approximate surface area is 235 Å². The van der Waals surface area contributed by atoms with Crippen molar-refractivity contribution in [3.05, 3.63) is 81.4 Å². The van der Waals surface area contributed by atoms with Crippen molar-refractivity contribution in [2.24, 2.45) is 7.05 Å². The molecule has 0 unspecified atom stereocenters. The van der Waals surface area contributed by atoms with Crippen molar-refractivity contribution in [2.45, 2.75) is 25.8 Å². The van der Waals surface area contributed by atoms with Gasteiger partial charge in [0.15, 0.2) is 5.82 Å². The number of anilines is 3. The number of aryl methyl sites for hydroxylation is 1. The monoisotopic (exact) mass is 558 g/mol. The van der Waals surface area contributed by atoms with E-state index in [9.17, 15) is 14.9 Å². The van der Waals surface area contributed by atoms with Crippen molar-refractivity contribution in [2.75, 3.05) is 30.5 Å². The van der Waals surface area contributed by atoms with Gasteiger partial charge in [0.2, 0.25) is 0 Å². The van der Waals surface area contributed by atoms with Crippen LogP contribution in [-0.4, -0.2) is 50.2 Å². The number of rotatable bonds is 6. The highest BCUT2D eigenvalue weighted by atomic mass is 35.5. The maximum absolute atomic E-state index is 13.1. The Hall–Kier alpha value is -4.53. The number of ether oxygens (including phenoxy) is 1. The highest BCUT2D eigenvalue weighted by molar-refractivity contribution is 6.31. The lowest BCUT2D eigenvalue weighted by Crippen LogP contribution is -2.38. The second-order valence-corrected chi connectivity index (χ2v) is 10.3. The Morgan fingerprint density at radius 3 is 2.65 bits per heavy atom. The van der Waals surface area contributed by atoms with Crippen LogP contribution in [0.3, 0.4) is 0 Å². The van der Waals surface area contributed by atoms with Crippen LogP contribution in [0.25, 0.3) is 10.9 Å². The molecule has 0 spiro atoms. The molecule has 1 amide bonds. The summed E-state index contributed by atoms with van der Waals surface area (Å²) in [6, 6.07) is 12.3. The van der Waals surface area contributed by atoms with Gasteiger partial charge in [-0.15, -0.1) is 0 Å². The number of carbonyl (C=O) groups excluding carboxylic acids is 1. The van der Waals surface area contributed by atoms with Crippen LogP contribution in [0.2, 0.25) is 5.15 Å². The van der Waals surface area contributed by atoms with Crippen LogP contribution in [0.1, 0.15) is 42.1 Å². The first-order valence-electron chi connectivity index (χ1n) is 12.6. The summed E-state index contributed by atoms with van der Waals surface area (Å²) in [5.74, 6) is 0.235. The molecule has 1 fully saturated rings. The SMILES string of the molecule is Cn1c(=O)cc(NC(C)(C)c2ncccn2)c2cc(Nc3cc(C(=O)N4CCCOC4)nc(Cl)c3C#N)ccc21. The van der Waals surface area contributed by atoms with E-state index in [1.54, 1.807) is 41.0 Å². The van der Waals surface area contributed by atoms with E-state index in [2.05, 4.69) is 31.7 Å². The summed E-state index contributed by atoms with van der Waals surface area (Å²) in [5, 5.41) is 17.1. The Morgan fingerprint density at radius 2 is 1.95 bits per heavy atom. The number of nitrogens with zero attached hydrogens (tertiary/aromatic N) is 6. The lowest BCUT2D eigenvalue weighted by molar-refractivity contribution is -0.00603. The summed E-state index contributed by atoms with van der Waals surface area (Å²) in [4.78, 5) is 40.3. The zero-order valence-corrected chi connectivity index (χ0v) is 23.0. The van der Waals surface area contributed by atoms with Gasteiger partial charge >= 0.3 is 0 Å². The average Bonchev–Trinajstić information content (AvgIpc) is 2.96. The number of hydrogen-bond donors (Lipinski definition) is 2.